The van der Waals surface area contributed by atoms with Crippen molar-refractivity contribution < 1.29 is 27.1 Å². The van der Waals surface area contributed by atoms with Crippen LogP contribution in [0.3, 0.4) is 0 Å². The van der Waals surface area contributed by atoms with Gasteiger partial charge < -0.3 is 24.6 Å². The maximum Gasteiger partial charge on any atom is 0.275 e. The van der Waals surface area contributed by atoms with E-state index in [1.165, 1.54) is 55.1 Å². The lowest BCUT2D eigenvalue weighted by Gasteiger charge is -2.34. The molecule has 194 valence electrons. The van der Waals surface area contributed by atoms with Crippen molar-refractivity contribution in [2.75, 3.05) is 12.0 Å². The monoisotopic (exact) mass is 539 g/mol. The number of hydrogen-bond acceptors (Lipinski definition) is 11. The SMILES string of the molecule is NC1=N[C@](CF)(c2cc(NC(=O)c3cnc(OCc4ncco4)cn3)ccc2F)[C@@H]2CC2(c2cnco2)S1. The van der Waals surface area contributed by atoms with Crippen molar-refractivity contribution in [3.63, 3.8) is 0 Å². The maximum absolute atomic E-state index is 15.2. The summed E-state index contributed by atoms with van der Waals surface area (Å²) in [6.45, 7) is -0.949. The van der Waals surface area contributed by atoms with Crippen molar-refractivity contribution in [2.24, 2.45) is 16.6 Å². The molecule has 4 aromatic rings. The molecule has 3 aromatic heterocycles. The molecule has 1 saturated carbocycles. The third-order valence-electron chi connectivity index (χ3n) is 6.51. The highest BCUT2D eigenvalue weighted by Crippen LogP contribution is 2.71. The van der Waals surface area contributed by atoms with Gasteiger partial charge in [-0.25, -0.2) is 33.7 Å². The number of nitrogens with one attached hydrogen (secondary N) is 1. The van der Waals surface area contributed by atoms with E-state index < -0.39 is 34.6 Å². The second-order valence-electron chi connectivity index (χ2n) is 8.73. The molecule has 14 heteroatoms. The zero-order valence-electron chi connectivity index (χ0n) is 19.5. The minimum atomic E-state index is -1.59. The molecule has 1 fully saturated rings. The average molecular weight is 540 g/mol. The van der Waals surface area contributed by atoms with E-state index in [0.717, 1.165) is 6.07 Å². The Balaban J connectivity index is 1.23. The van der Waals surface area contributed by atoms with Crippen LogP contribution in [0.25, 0.3) is 0 Å². The van der Waals surface area contributed by atoms with Crippen LogP contribution in [0.2, 0.25) is 0 Å². The zero-order chi connectivity index (χ0) is 26.3. The minimum absolute atomic E-state index is 0.0117. The molecule has 38 heavy (non-hydrogen) atoms. The fourth-order valence-electron chi connectivity index (χ4n) is 4.68. The topological polar surface area (TPSA) is 155 Å². The third-order valence-corrected chi connectivity index (χ3v) is 7.83. The van der Waals surface area contributed by atoms with Crippen LogP contribution in [0.1, 0.15) is 34.1 Å². The predicted molar refractivity (Wildman–Crippen MR) is 130 cm³/mol. The highest BCUT2D eigenvalue weighted by molar-refractivity contribution is 8.14. The van der Waals surface area contributed by atoms with Crippen LogP contribution in [-0.4, -0.2) is 37.7 Å². The first-order valence-electron chi connectivity index (χ1n) is 11.4. The summed E-state index contributed by atoms with van der Waals surface area (Å²) in [6, 6.07) is 3.88. The highest BCUT2D eigenvalue weighted by atomic mass is 32.2. The van der Waals surface area contributed by atoms with Gasteiger partial charge in [0.15, 0.2) is 18.2 Å². The number of aromatic nitrogens is 4. The van der Waals surface area contributed by atoms with Crippen LogP contribution in [0.4, 0.5) is 14.5 Å². The summed E-state index contributed by atoms with van der Waals surface area (Å²) in [6.07, 6.45) is 8.71. The van der Waals surface area contributed by atoms with Gasteiger partial charge >= 0.3 is 0 Å². The Bertz CT molecular complexity index is 1500. The van der Waals surface area contributed by atoms with E-state index in [0.29, 0.717) is 18.1 Å². The van der Waals surface area contributed by atoms with Gasteiger partial charge in [-0.2, -0.15) is 0 Å². The van der Waals surface area contributed by atoms with Gasteiger partial charge in [0.05, 0.1) is 29.5 Å². The first kappa shape index (κ1) is 24.0. The summed E-state index contributed by atoms with van der Waals surface area (Å²) in [5.74, 6) is -0.652. The van der Waals surface area contributed by atoms with E-state index >= 15 is 4.39 Å². The van der Waals surface area contributed by atoms with Crippen LogP contribution >= 0.6 is 11.8 Å². The number of nitrogens with zero attached hydrogens (tertiary/aromatic N) is 5. The lowest BCUT2D eigenvalue weighted by Crippen LogP contribution is -2.39. The molecule has 11 nitrogen and oxygen atoms in total. The molecule has 1 unspecified atom stereocenters. The van der Waals surface area contributed by atoms with Crippen LogP contribution in [0.15, 0.2) is 69.5 Å². The second kappa shape index (κ2) is 9.20. The van der Waals surface area contributed by atoms with Gasteiger partial charge in [0.1, 0.15) is 35.7 Å². The van der Waals surface area contributed by atoms with Crippen LogP contribution in [0.5, 0.6) is 5.88 Å². The summed E-state index contributed by atoms with van der Waals surface area (Å²) in [4.78, 5) is 33.2. The Hall–Kier alpha value is -4.33. The van der Waals surface area contributed by atoms with Crippen molar-refractivity contribution in [3.8, 4) is 5.88 Å². The predicted octanol–water partition coefficient (Wildman–Crippen LogP) is 3.56. The van der Waals surface area contributed by atoms with Gasteiger partial charge in [0.2, 0.25) is 11.8 Å². The van der Waals surface area contributed by atoms with Gasteiger partial charge in [-0.3, -0.25) is 4.79 Å². The number of aliphatic imine (C=N–C) groups is 1. The van der Waals surface area contributed by atoms with Gasteiger partial charge in [0, 0.05) is 17.2 Å². The Labute approximate surface area is 217 Å². The van der Waals surface area contributed by atoms with Crippen LogP contribution in [-0.2, 0) is 16.9 Å². The Kier molecular flexibility index (Phi) is 5.82. The number of carbonyl (C=O) groups excluding carboxylic acids is 1. The number of rotatable bonds is 8. The van der Waals surface area contributed by atoms with Gasteiger partial charge in [-0.1, -0.05) is 11.8 Å². The number of thioether (sulfide) groups is 1. The molecule has 0 bridgehead atoms. The summed E-state index contributed by atoms with van der Waals surface area (Å²) >= 11 is 1.26. The van der Waals surface area contributed by atoms with E-state index in [2.05, 4.69) is 30.2 Å². The Morgan fingerprint density at radius 2 is 2.13 bits per heavy atom. The molecular formula is C24H19F2N7O4S. The number of carbonyl (C=O) groups is 1. The lowest BCUT2D eigenvalue weighted by atomic mass is 9.84. The van der Waals surface area contributed by atoms with Crippen molar-refractivity contribution in [2.45, 2.75) is 23.3 Å². The van der Waals surface area contributed by atoms with E-state index in [1.807, 2.05) is 0 Å². The van der Waals surface area contributed by atoms with Crippen molar-refractivity contribution >= 4 is 28.5 Å². The van der Waals surface area contributed by atoms with Crippen LogP contribution < -0.4 is 15.8 Å². The quantitative estimate of drug-likeness (QED) is 0.340. The number of amides is 1. The van der Waals surface area contributed by atoms with Gasteiger partial charge in [-0.15, -0.1) is 0 Å². The molecule has 6 rings (SSSR count). The number of amidine groups is 1. The number of halogens is 2. The highest BCUT2D eigenvalue weighted by Gasteiger charge is 2.70. The molecule has 1 aromatic carbocycles. The first-order chi connectivity index (χ1) is 18.4. The normalized spacial score (nSPS) is 23.8. The number of anilines is 1. The number of alkyl halides is 1. The van der Waals surface area contributed by atoms with Crippen molar-refractivity contribution in [3.05, 3.63) is 84.4 Å². The fraction of sp³-hybridized carbons (Fsp3) is 0.250. The van der Waals surface area contributed by atoms with Crippen molar-refractivity contribution in [1.82, 2.24) is 19.9 Å². The molecule has 2 aliphatic rings. The molecule has 1 aliphatic heterocycles. The molecule has 0 radical (unpaired) electrons. The molecule has 0 saturated heterocycles. The smallest absolute Gasteiger partial charge is 0.275 e. The summed E-state index contributed by atoms with van der Waals surface area (Å²) < 4.78 is 45.3. The molecule has 4 heterocycles. The molecular weight excluding hydrogens is 520 g/mol. The molecule has 0 spiro atoms. The second-order valence-corrected chi connectivity index (χ2v) is 10.1. The average Bonchev–Trinajstić information content (AvgIpc) is 3.30. The summed E-state index contributed by atoms with van der Waals surface area (Å²) in [7, 11) is 0. The van der Waals surface area contributed by atoms with Crippen LogP contribution in [0, 0.1) is 11.7 Å². The van der Waals surface area contributed by atoms with Crippen molar-refractivity contribution in [1.29, 1.82) is 0 Å². The summed E-state index contributed by atoms with van der Waals surface area (Å²) in [5.41, 5.74) is 4.70. The number of oxazole rings is 2. The molecule has 1 amide bonds. The number of hydrogen-bond donors (Lipinski definition) is 2. The Morgan fingerprint density at radius 1 is 1.24 bits per heavy atom. The Morgan fingerprint density at radius 3 is 2.84 bits per heavy atom. The molecule has 3 N–H and O–H groups in total. The van der Waals surface area contributed by atoms with Gasteiger partial charge in [-0.05, 0) is 24.6 Å². The standard InChI is InChI=1S/C24H19F2N7O4S/c25-11-23(17-6-24(17,38-22(27)33-23)18-8-28-12-37-18)14-5-13(1-2-15(14)26)32-21(34)16-7-31-19(9-30-16)36-10-20-29-3-4-35-20/h1-5,7-9,12,17H,6,10-11H2,(H2,27,33)(H,32,34)/t17-,23+,24?/m0/s1. The fourth-order valence-corrected chi connectivity index (χ4v) is 6.05. The zero-order valence-corrected chi connectivity index (χ0v) is 20.3. The summed E-state index contributed by atoms with van der Waals surface area (Å²) in [5, 5.41) is 2.76. The van der Waals surface area contributed by atoms with E-state index in [9.17, 15) is 9.18 Å². The number of benzene rings is 1. The van der Waals surface area contributed by atoms with E-state index in [4.69, 9.17) is 19.3 Å². The van der Waals surface area contributed by atoms with Gasteiger partial charge in [0.25, 0.3) is 5.91 Å². The number of ether oxygens (including phenoxy) is 1. The largest absolute Gasteiger partial charge is 0.467 e. The lowest BCUT2D eigenvalue weighted by molar-refractivity contribution is 0.102. The maximum atomic E-state index is 15.2. The van der Waals surface area contributed by atoms with E-state index in [-0.39, 0.29) is 34.6 Å². The first-order valence-corrected chi connectivity index (χ1v) is 12.2. The number of fused-ring (bicyclic) bond motifs is 1. The minimum Gasteiger partial charge on any atom is -0.467 e. The number of nitrogens with two attached hydrogens (primary N) is 1. The molecule has 3 atom stereocenters. The van der Waals surface area contributed by atoms with E-state index in [1.54, 1.807) is 6.20 Å². The molecule has 1 aliphatic carbocycles. The third kappa shape index (κ3) is 4.06.